The number of phosphoric acid groups is 1. The van der Waals surface area contributed by atoms with E-state index < -0.39 is 26.1 Å². The summed E-state index contributed by atoms with van der Waals surface area (Å²) in [4.78, 5) is 16.9. The zero-order valence-electron chi connectivity index (χ0n) is 8.44. The van der Waals surface area contributed by atoms with Gasteiger partial charge in [-0.3, -0.25) is 4.52 Å². The third-order valence-electron chi connectivity index (χ3n) is 2.25. The number of aliphatic hydroxyl groups excluding tert-OH is 1. The molecule has 1 unspecified atom stereocenters. The molecule has 7 nitrogen and oxygen atoms in total. The molecule has 88 valence electrons. The van der Waals surface area contributed by atoms with Gasteiger partial charge in [0.2, 0.25) is 0 Å². The highest BCUT2D eigenvalue weighted by molar-refractivity contribution is 7.46. The summed E-state index contributed by atoms with van der Waals surface area (Å²) in [5, 5.41) is 9.63. The number of hydrogen-bond donors (Lipinski definition) is 3. The highest BCUT2D eigenvalue weighted by atomic mass is 31.2. The maximum atomic E-state index is 10.4. The first-order chi connectivity index (χ1) is 6.85. The van der Waals surface area contributed by atoms with Crippen molar-refractivity contribution in [2.24, 2.45) is 0 Å². The second-order valence-electron chi connectivity index (χ2n) is 3.36. The Balaban J connectivity index is 2.48. The van der Waals surface area contributed by atoms with Crippen molar-refractivity contribution in [1.82, 2.24) is 0 Å². The first-order valence-corrected chi connectivity index (χ1v) is 5.94. The fourth-order valence-corrected chi connectivity index (χ4v) is 1.90. The van der Waals surface area contributed by atoms with Gasteiger partial charge < -0.3 is 24.4 Å². The average molecular weight is 240 g/mol. The van der Waals surface area contributed by atoms with E-state index in [2.05, 4.69) is 4.52 Å². The minimum absolute atomic E-state index is 0.338. The van der Waals surface area contributed by atoms with Crippen LogP contribution in [0.2, 0.25) is 0 Å². The molecule has 0 radical (unpaired) electrons. The summed E-state index contributed by atoms with van der Waals surface area (Å²) in [6.45, 7) is -0.365. The third-order valence-corrected chi connectivity index (χ3v) is 2.73. The second-order valence-corrected chi connectivity index (χ2v) is 4.60. The maximum absolute atomic E-state index is 10.4. The monoisotopic (exact) mass is 240 g/mol. The summed E-state index contributed by atoms with van der Waals surface area (Å²) < 4.78 is 24.9. The standard InChI is InChI=1S/C6H14BO7P/c1-12-5-4(8)3(14-6(5)7)2-13-15(9,10)11/h3-6,8H,2,7H2,1H3,(H2,9,10,11)/t3-,4?,5-,6-/m1/s1. The molecule has 0 saturated carbocycles. The van der Waals surface area contributed by atoms with Crippen LogP contribution in [0.1, 0.15) is 0 Å². The number of ether oxygens (including phenoxy) is 2. The Hall–Kier alpha value is 0.0549. The van der Waals surface area contributed by atoms with Crippen molar-refractivity contribution in [3.8, 4) is 0 Å². The zero-order valence-corrected chi connectivity index (χ0v) is 9.33. The van der Waals surface area contributed by atoms with Gasteiger partial charge in [0.1, 0.15) is 26.2 Å². The molecule has 1 heterocycles. The molecular weight excluding hydrogens is 226 g/mol. The quantitative estimate of drug-likeness (QED) is 0.379. The summed E-state index contributed by atoms with van der Waals surface area (Å²) in [7, 11) is -1.39. The number of rotatable bonds is 4. The average Bonchev–Trinajstić information content (AvgIpc) is 2.37. The third kappa shape index (κ3) is 3.53. The molecule has 0 aromatic rings. The normalized spacial score (nSPS) is 37.1. The highest BCUT2D eigenvalue weighted by Gasteiger charge is 2.42. The number of methoxy groups -OCH3 is 1. The van der Waals surface area contributed by atoms with Crippen molar-refractivity contribution < 1.29 is 33.5 Å². The summed E-state index contributed by atoms with van der Waals surface area (Å²) in [6, 6.07) is -0.338. The van der Waals surface area contributed by atoms with E-state index in [1.54, 1.807) is 7.85 Å². The Morgan fingerprint density at radius 1 is 1.53 bits per heavy atom. The lowest BCUT2D eigenvalue weighted by atomic mass is 9.93. The number of hydrogen-bond acceptors (Lipinski definition) is 5. The Bertz CT molecular complexity index is 256. The van der Waals surface area contributed by atoms with Crippen LogP contribution in [0.5, 0.6) is 0 Å². The second kappa shape index (κ2) is 4.92. The molecule has 1 rings (SSSR count). The van der Waals surface area contributed by atoms with Crippen LogP contribution in [0.3, 0.4) is 0 Å². The number of phosphoric ester groups is 1. The lowest BCUT2D eigenvalue weighted by Crippen LogP contribution is -2.35. The van der Waals surface area contributed by atoms with E-state index in [1.807, 2.05) is 0 Å². The van der Waals surface area contributed by atoms with Crippen molar-refractivity contribution in [2.75, 3.05) is 13.7 Å². The van der Waals surface area contributed by atoms with E-state index in [9.17, 15) is 9.67 Å². The molecular formula is C6H14BO7P. The van der Waals surface area contributed by atoms with Gasteiger partial charge in [-0.1, -0.05) is 0 Å². The van der Waals surface area contributed by atoms with Gasteiger partial charge in [0, 0.05) is 7.11 Å². The topological polar surface area (TPSA) is 105 Å². The zero-order chi connectivity index (χ0) is 11.6. The Labute approximate surface area is 88.0 Å². The Morgan fingerprint density at radius 2 is 2.13 bits per heavy atom. The Kier molecular flexibility index (Phi) is 4.31. The predicted octanol–water partition coefficient (Wildman–Crippen LogP) is -2.17. The van der Waals surface area contributed by atoms with Gasteiger partial charge in [-0.05, 0) is 0 Å². The van der Waals surface area contributed by atoms with Crippen molar-refractivity contribution in [3.63, 3.8) is 0 Å². The van der Waals surface area contributed by atoms with Crippen LogP contribution in [-0.4, -0.2) is 60.8 Å². The van der Waals surface area contributed by atoms with E-state index in [0.29, 0.717) is 0 Å². The van der Waals surface area contributed by atoms with Gasteiger partial charge in [0.25, 0.3) is 0 Å². The van der Waals surface area contributed by atoms with Gasteiger partial charge in [0.15, 0.2) is 0 Å². The van der Waals surface area contributed by atoms with Gasteiger partial charge in [-0.15, -0.1) is 0 Å². The van der Waals surface area contributed by atoms with E-state index in [1.165, 1.54) is 7.11 Å². The minimum atomic E-state index is -4.52. The van der Waals surface area contributed by atoms with E-state index in [-0.39, 0.29) is 12.6 Å². The number of aliphatic hydroxyl groups is 1. The van der Waals surface area contributed by atoms with Crippen LogP contribution < -0.4 is 0 Å². The molecule has 3 N–H and O–H groups in total. The molecule has 0 aromatic carbocycles. The van der Waals surface area contributed by atoms with Crippen LogP contribution in [0.4, 0.5) is 0 Å². The molecule has 0 amide bonds. The fourth-order valence-electron chi connectivity index (χ4n) is 1.56. The summed E-state index contributed by atoms with van der Waals surface area (Å²) in [6.07, 6.45) is -2.23. The lowest BCUT2D eigenvalue weighted by molar-refractivity contribution is -0.0143. The molecule has 4 atom stereocenters. The molecule has 1 saturated heterocycles. The van der Waals surface area contributed by atoms with Gasteiger partial charge >= 0.3 is 7.82 Å². The molecule has 0 aromatic heterocycles. The lowest BCUT2D eigenvalue weighted by Gasteiger charge is -2.16. The first kappa shape index (κ1) is 13.1. The molecule has 0 spiro atoms. The van der Waals surface area contributed by atoms with Crippen molar-refractivity contribution in [1.29, 1.82) is 0 Å². The predicted molar refractivity (Wildman–Crippen MR) is 52.0 cm³/mol. The van der Waals surface area contributed by atoms with Crippen LogP contribution in [0.15, 0.2) is 0 Å². The smallest absolute Gasteiger partial charge is 0.388 e. The maximum Gasteiger partial charge on any atom is 0.469 e. The molecule has 1 aliphatic heterocycles. The highest BCUT2D eigenvalue weighted by Crippen LogP contribution is 2.37. The molecule has 9 heteroatoms. The summed E-state index contributed by atoms with van der Waals surface area (Å²) in [5.74, 6) is 0. The summed E-state index contributed by atoms with van der Waals surface area (Å²) in [5.41, 5.74) is 0. The fraction of sp³-hybridized carbons (Fsp3) is 1.00. The van der Waals surface area contributed by atoms with E-state index >= 15 is 0 Å². The van der Waals surface area contributed by atoms with Gasteiger partial charge in [-0.2, -0.15) is 0 Å². The van der Waals surface area contributed by atoms with Gasteiger partial charge in [-0.25, -0.2) is 4.57 Å². The first-order valence-electron chi connectivity index (χ1n) is 4.41. The van der Waals surface area contributed by atoms with E-state index in [4.69, 9.17) is 19.3 Å². The van der Waals surface area contributed by atoms with Crippen molar-refractivity contribution in [3.05, 3.63) is 0 Å². The van der Waals surface area contributed by atoms with Crippen LogP contribution >= 0.6 is 7.82 Å². The minimum Gasteiger partial charge on any atom is -0.388 e. The van der Waals surface area contributed by atoms with Crippen molar-refractivity contribution >= 4 is 15.7 Å². The largest absolute Gasteiger partial charge is 0.469 e. The molecule has 15 heavy (non-hydrogen) atoms. The van der Waals surface area contributed by atoms with Gasteiger partial charge in [0.05, 0.1) is 12.6 Å². The van der Waals surface area contributed by atoms with Crippen LogP contribution in [0, 0.1) is 0 Å². The molecule has 0 bridgehead atoms. The summed E-state index contributed by atoms with van der Waals surface area (Å²) >= 11 is 0. The molecule has 0 aliphatic carbocycles. The SMILES string of the molecule is B[C@@H]1O[C@H](COP(=O)(O)O)C(O)[C@H]1OC. The Morgan fingerprint density at radius 3 is 2.53 bits per heavy atom. The molecule has 1 aliphatic rings. The van der Waals surface area contributed by atoms with Crippen LogP contribution in [-0.2, 0) is 18.6 Å². The molecule has 1 fully saturated rings. The van der Waals surface area contributed by atoms with Crippen LogP contribution in [0.25, 0.3) is 0 Å². The van der Waals surface area contributed by atoms with E-state index in [0.717, 1.165) is 0 Å². The van der Waals surface area contributed by atoms with Crippen molar-refractivity contribution in [2.45, 2.75) is 24.3 Å².